The van der Waals surface area contributed by atoms with Gasteiger partial charge in [0, 0.05) is 22.7 Å². The number of ether oxygens (including phenoxy) is 1. The highest BCUT2D eigenvalue weighted by atomic mass is 16.5. The van der Waals surface area contributed by atoms with Gasteiger partial charge < -0.3 is 10.1 Å². The van der Waals surface area contributed by atoms with Gasteiger partial charge in [-0.05, 0) is 36.4 Å². The molecule has 0 spiro atoms. The van der Waals surface area contributed by atoms with Crippen LogP contribution in [0.4, 0.5) is 5.69 Å². The maximum absolute atomic E-state index is 11.7. The third kappa shape index (κ3) is 3.88. The monoisotopic (exact) mass is 347 g/mol. The Hall–Kier alpha value is -3.21. The number of hydrogen-bond donors (Lipinski definition) is 1. The zero-order valence-corrected chi connectivity index (χ0v) is 15.1. The zero-order valence-electron chi connectivity index (χ0n) is 15.1. The number of hydrogen-bond acceptors (Lipinski definition) is 4. The van der Waals surface area contributed by atoms with E-state index in [1.54, 1.807) is 7.11 Å². The Bertz CT molecular complexity index is 888. The summed E-state index contributed by atoms with van der Waals surface area (Å²) in [6.07, 6.45) is 0. The second kappa shape index (κ2) is 7.78. The smallest absolute Gasteiger partial charge is 0.226 e. The maximum Gasteiger partial charge on any atom is 0.226 e. The fourth-order valence-electron chi connectivity index (χ4n) is 2.50. The van der Waals surface area contributed by atoms with Crippen molar-refractivity contribution < 1.29 is 9.53 Å². The van der Waals surface area contributed by atoms with Crippen LogP contribution in [0.5, 0.6) is 5.75 Å². The Morgan fingerprint density at radius 2 is 1.58 bits per heavy atom. The number of carbonyl (C=O) groups excluding carboxylic acids is 1. The number of nitrogens with one attached hydrogen (secondary N) is 1. The van der Waals surface area contributed by atoms with Crippen LogP contribution in [0.2, 0.25) is 0 Å². The number of rotatable bonds is 5. The van der Waals surface area contributed by atoms with Gasteiger partial charge in [0.2, 0.25) is 5.91 Å². The van der Waals surface area contributed by atoms with Crippen LogP contribution in [-0.2, 0) is 4.79 Å². The molecule has 3 aromatic rings. The summed E-state index contributed by atoms with van der Waals surface area (Å²) in [5.74, 6) is 0.710. The van der Waals surface area contributed by atoms with Gasteiger partial charge in [-0.1, -0.05) is 38.1 Å². The molecule has 0 saturated carbocycles. The molecular formula is C21H21N3O2. The Balaban J connectivity index is 1.79. The molecule has 1 heterocycles. The minimum Gasteiger partial charge on any atom is -0.496 e. The van der Waals surface area contributed by atoms with Crippen LogP contribution >= 0.6 is 0 Å². The third-order valence-electron chi connectivity index (χ3n) is 4.02. The lowest BCUT2D eigenvalue weighted by Gasteiger charge is -2.09. The normalized spacial score (nSPS) is 10.6. The van der Waals surface area contributed by atoms with Gasteiger partial charge in [-0.2, -0.15) is 0 Å². The summed E-state index contributed by atoms with van der Waals surface area (Å²) in [5, 5.41) is 11.5. The molecule has 0 unspecified atom stereocenters. The van der Waals surface area contributed by atoms with Gasteiger partial charge in [0.1, 0.15) is 5.75 Å². The lowest BCUT2D eigenvalue weighted by molar-refractivity contribution is -0.118. The van der Waals surface area contributed by atoms with Crippen molar-refractivity contribution in [2.24, 2.45) is 5.92 Å². The van der Waals surface area contributed by atoms with E-state index in [4.69, 9.17) is 4.74 Å². The van der Waals surface area contributed by atoms with Crippen molar-refractivity contribution in [2.75, 3.05) is 12.4 Å². The first kappa shape index (κ1) is 17.6. The Morgan fingerprint density at radius 1 is 0.923 bits per heavy atom. The fraction of sp³-hybridized carbons (Fsp3) is 0.190. The highest BCUT2D eigenvalue weighted by Crippen LogP contribution is 2.28. The van der Waals surface area contributed by atoms with Crippen LogP contribution in [0.15, 0.2) is 60.7 Å². The first-order valence-corrected chi connectivity index (χ1v) is 8.47. The molecule has 5 nitrogen and oxygen atoms in total. The molecule has 1 N–H and O–H groups in total. The molecule has 1 amide bonds. The summed E-state index contributed by atoms with van der Waals surface area (Å²) in [6, 6.07) is 19.1. The van der Waals surface area contributed by atoms with Crippen LogP contribution in [0.1, 0.15) is 13.8 Å². The van der Waals surface area contributed by atoms with Crippen LogP contribution < -0.4 is 10.1 Å². The summed E-state index contributed by atoms with van der Waals surface area (Å²) in [6.45, 7) is 3.73. The number of amides is 1. The molecule has 3 rings (SSSR count). The molecule has 0 aliphatic carbocycles. The van der Waals surface area contributed by atoms with E-state index in [2.05, 4.69) is 15.5 Å². The van der Waals surface area contributed by atoms with Crippen LogP contribution in [0.25, 0.3) is 22.5 Å². The van der Waals surface area contributed by atoms with E-state index in [1.807, 2.05) is 74.5 Å². The van der Waals surface area contributed by atoms with Crippen molar-refractivity contribution in [1.29, 1.82) is 0 Å². The molecule has 0 aliphatic heterocycles. The first-order chi connectivity index (χ1) is 12.6. The van der Waals surface area contributed by atoms with Crippen LogP contribution in [-0.4, -0.2) is 23.2 Å². The summed E-state index contributed by atoms with van der Waals surface area (Å²) in [4.78, 5) is 11.7. The van der Waals surface area contributed by atoms with E-state index >= 15 is 0 Å². The summed E-state index contributed by atoms with van der Waals surface area (Å²) >= 11 is 0. The number of para-hydroxylation sites is 1. The zero-order chi connectivity index (χ0) is 18.5. The van der Waals surface area contributed by atoms with Crippen molar-refractivity contribution in [3.05, 3.63) is 60.7 Å². The Labute approximate surface area is 153 Å². The molecule has 0 fully saturated rings. The predicted molar refractivity (Wildman–Crippen MR) is 103 cm³/mol. The van der Waals surface area contributed by atoms with E-state index < -0.39 is 0 Å². The summed E-state index contributed by atoms with van der Waals surface area (Å²) < 4.78 is 5.37. The van der Waals surface area contributed by atoms with E-state index in [9.17, 15) is 4.79 Å². The minimum atomic E-state index is -0.0527. The third-order valence-corrected chi connectivity index (χ3v) is 4.02. The number of aromatic nitrogens is 2. The van der Waals surface area contributed by atoms with Gasteiger partial charge in [-0.3, -0.25) is 4.79 Å². The van der Waals surface area contributed by atoms with Crippen molar-refractivity contribution in [2.45, 2.75) is 13.8 Å². The quantitative estimate of drug-likeness (QED) is 0.742. The van der Waals surface area contributed by atoms with Gasteiger partial charge in [-0.15, -0.1) is 10.2 Å². The average Bonchev–Trinajstić information content (AvgIpc) is 2.68. The SMILES string of the molecule is COc1ccccc1-c1ccc(-c2ccc(NC(=O)C(C)C)cc2)nn1. The fourth-order valence-corrected chi connectivity index (χ4v) is 2.50. The van der Waals surface area contributed by atoms with Gasteiger partial charge in [0.25, 0.3) is 0 Å². The van der Waals surface area contributed by atoms with Crippen LogP contribution in [0.3, 0.4) is 0 Å². The van der Waals surface area contributed by atoms with E-state index in [0.29, 0.717) is 0 Å². The van der Waals surface area contributed by atoms with Crippen molar-refractivity contribution in [3.63, 3.8) is 0 Å². The topological polar surface area (TPSA) is 64.1 Å². The molecule has 0 bridgehead atoms. The molecule has 5 heteroatoms. The summed E-state index contributed by atoms with van der Waals surface area (Å²) in [5.41, 5.74) is 4.14. The van der Waals surface area contributed by atoms with E-state index in [1.165, 1.54) is 0 Å². The van der Waals surface area contributed by atoms with Gasteiger partial charge in [0.15, 0.2) is 0 Å². The molecule has 0 saturated heterocycles. The minimum absolute atomic E-state index is 0.00120. The maximum atomic E-state index is 11.7. The lowest BCUT2D eigenvalue weighted by atomic mass is 10.1. The van der Waals surface area contributed by atoms with E-state index in [0.717, 1.165) is 34.0 Å². The van der Waals surface area contributed by atoms with Gasteiger partial charge in [0.05, 0.1) is 18.5 Å². The molecule has 0 aliphatic rings. The number of methoxy groups -OCH3 is 1. The van der Waals surface area contributed by atoms with Crippen molar-refractivity contribution in [3.8, 4) is 28.3 Å². The average molecular weight is 347 g/mol. The molecule has 2 aromatic carbocycles. The Kier molecular flexibility index (Phi) is 5.27. The molecule has 1 aromatic heterocycles. The van der Waals surface area contributed by atoms with Crippen LogP contribution in [0, 0.1) is 5.92 Å². The number of carbonyl (C=O) groups is 1. The summed E-state index contributed by atoms with van der Waals surface area (Å²) in [7, 11) is 1.64. The molecule has 0 atom stereocenters. The second-order valence-electron chi connectivity index (χ2n) is 6.23. The number of anilines is 1. The Morgan fingerprint density at radius 3 is 2.19 bits per heavy atom. The molecule has 26 heavy (non-hydrogen) atoms. The predicted octanol–water partition coefficient (Wildman–Crippen LogP) is 4.41. The first-order valence-electron chi connectivity index (χ1n) is 8.47. The van der Waals surface area contributed by atoms with Gasteiger partial charge in [-0.25, -0.2) is 0 Å². The lowest BCUT2D eigenvalue weighted by Crippen LogP contribution is -2.17. The second-order valence-corrected chi connectivity index (χ2v) is 6.23. The highest BCUT2D eigenvalue weighted by Gasteiger charge is 2.09. The molecule has 132 valence electrons. The molecular weight excluding hydrogens is 326 g/mol. The number of nitrogens with zero attached hydrogens (tertiary/aromatic N) is 2. The largest absolute Gasteiger partial charge is 0.496 e. The van der Waals surface area contributed by atoms with E-state index in [-0.39, 0.29) is 11.8 Å². The van der Waals surface area contributed by atoms with Gasteiger partial charge >= 0.3 is 0 Å². The van der Waals surface area contributed by atoms with Crippen molar-refractivity contribution >= 4 is 11.6 Å². The number of benzene rings is 2. The molecule has 0 radical (unpaired) electrons. The highest BCUT2D eigenvalue weighted by molar-refractivity contribution is 5.92. The standard InChI is InChI=1S/C21H21N3O2/c1-14(2)21(25)22-16-10-8-15(9-11-16)18-12-13-19(24-23-18)17-6-4-5-7-20(17)26-3/h4-14H,1-3H3,(H,22,25). The van der Waals surface area contributed by atoms with Crippen molar-refractivity contribution in [1.82, 2.24) is 10.2 Å².